The highest BCUT2D eigenvalue weighted by molar-refractivity contribution is 5.30. The van der Waals surface area contributed by atoms with Crippen LogP contribution in [0.25, 0.3) is 0 Å². The van der Waals surface area contributed by atoms with Gasteiger partial charge < -0.3 is 10.2 Å². The van der Waals surface area contributed by atoms with E-state index in [1.54, 1.807) is 6.07 Å². The molecular formula is C9H12O2. The Morgan fingerprint density at radius 3 is 2.27 bits per heavy atom. The maximum Gasteiger partial charge on any atom is 0.178 e. The van der Waals surface area contributed by atoms with Gasteiger partial charge >= 0.3 is 0 Å². The third-order valence-corrected chi connectivity index (χ3v) is 1.71. The van der Waals surface area contributed by atoms with E-state index in [4.69, 9.17) is 10.2 Å². The van der Waals surface area contributed by atoms with E-state index in [1.165, 1.54) is 0 Å². The van der Waals surface area contributed by atoms with Crippen molar-refractivity contribution in [2.45, 2.75) is 20.1 Å². The van der Waals surface area contributed by atoms with Crippen molar-refractivity contribution >= 4 is 0 Å². The number of benzene rings is 1. The maximum absolute atomic E-state index is 8.88. The molecule has 11 heavy (non-hydrogen) atoms. The predicted molar refractivity (Wildman–Crippen MR) is 43.1 cm³/mol. The first-order chi connectivity index (χ1) is 5.11. The Kier molecular flexibility index (Phi) is 2.27. The highest BCUT2D eigenvalue weighted by Gasteiger charge is 2.04. The van der Waals surface area contributed by atoms with Gasteiger partial charge in [-0.2, -0.15) is 0 Å². The van der Waals surface area contributed by atoms with Crippen molar-refractivity contribution in [2.24, 2.45) is 0 Å². The van der Waals surface area contributed by atoms with Gasteiger partial charge in [0.15, 0.2) is 6.29 Å². The standard InChI is InChI=1S/C9H12O2/c1-6-3-4-7(2)8(5-6)9(10)11/h3-5,9-11H,1-2H3. The van der Waals surface area contributed by atoms with Gasteiger partial charge in [-0.15, -0.1) is 0 Å². The van der Waals surface area contributed by atoms with Crippen LogP contribution in [0.3, 0.4) is 0 Å². The average Bonchev–Trinajstić information content (AvgIpc) is 1.94. The molecule has 1 aromatic rings. The van der Waals surface area contributed by atoms with E-state index >= 15 is 0 Å². The Morgan fingerprint density at radius 2 is 1.82 bits per heavy atom. The minimum atomic E-state index is -1.35. The Morgan fingerprint density at radius 1 is 1.18 bits per heavy atom. The second kappa shape index (κ2) is 3.03. The normalized spacial score (nSPS) is 10.6. The molecule has 0 aliphatic rings. The molecule has 1 rings (SSSR count). The van der Waals surface area contributed by atoms with E-state index in [0.717, 1.165) is 11.1 Å². The molecule has 0 amide bonds. The monoisotopic (exact) mass is 152 g/mol. The minimum absolute atomic E-state index is 0.588. The van der Waals surface area contributed by atoms with Crippen molar-refractivity contribution in [3.63, 3.8) is 0 Å². The first kappa shape index (κ1) is 8.24. The molecule has 0 saturated carbocycles. The number of aliphatic hydroxyl groups is 2. The third kappa shape index (κ3) is 1.79. The van der Waals surface area contributed by atoms with Gasteiger partial charge in [-0.1, -0.05) is 23.8 Å². The highest BCUT2D eigenvalue weighted by atomic mass is 16.5. The SMILES string of the molecule is Cc1ccc(C)c(C(O)O)c1. The van der Waals surface area contributed by atoms with Crippen molar-refractivity contribution in [2.75, 3.05) is 0 Å². The lowest BCUT2D eigenvalue weighted by Crippen LogP contribution is -1.98. The molecule has 0 unspecified atom stereocenters. The van der Waals surface area contributed by atoms with Crippen LogP contribution in [0.5, 0.6) is 0 Å². The van der Waals surface area contributed by atoms with Gasteiger partial charge in [0, 0.05) is 5.56 Å². The lowest BCUT2D eigenvalue weighted by atomic mass is 10.1. The maximum atomic E-state index is 8.88. The first-order valence-electron chi connectivity index (χ1n) is 3.54. The summed E-state index contributed by atoms with van der Waals surface area (Å²) in [7, 11) is 0. The van der Waals surface area contributed by atoms with Gasteiger partial charge in [-0.05, 0) is 19.4 Å². The van der Waals surface area contributed by atoms with Gasteiger partial charge in [0.1, 0.15) is 0 Å². The van der Waals surface area contributed by atoms with Gasteiger partial charge in [-0.25, -0.2) is 0 Å². The van der Waals surface area contributed by atoms with Crippen LogP contribution >= 0.6 is 0 Å². The summed E-state index contributed by atoms with van der Waals surface area (Å²) in [6.07, 6.45) is -1.35. The van der Waals surface area contributed by atoms with Crippen LogP contribution in [-0.4, -0.2) is 10.2 Å². The number of aryl methyl sites for hydroxylation is 2. The number of hydrogen-bond donors (Lipinski definition) is 2. The van der Waals surface area contributed by atoms with Crippen LogP contribution in [0.1, 0.15) is 23.0 Å². The van der Waals surface area contributed by atoms with Crippen LogP contribution in [0.4, 0.5) is 0 Å². The van der Waals surface area contributed by atoms with Crippen molar-refractivity contribution in [3.8, 4) is 0 Å². The van der Waals surface area contributed by atoms with Gasteiger partial charge in [-0.3, -0.25) is 0 Å². The molecule has 0 fully saturated rings. The topological polar surface area (TPSA) is 40.5 Å². The van der Waals surface area contributed by atoms with Crippen molar-refractivity contribution in [1.29, 1.82) is 0 Å². The lowest BCUT2D eigenvalue weighted by molar-refractivity contribution is -0.0429. The quantitative estimate of drug-likeness (QED) is 0.595. The van der Waals surface area contributed by atoms with Crippen LogP contribution in [-0.2, 0) is 0 Å². The zero-order chi connectivity index (χ0) is 8.43. The van der Waals surface area contributed by atoms with Gasteiger partial charge in [0.2, 0.25) is 0 Å². The molecule has 2 N–H and O–H groups in total. The second-order valence-electron chi connectivity index (χ2n) is 2.73. The van der Waals surface area contributed by atoms with Crippen molar-refractivity contribution < 1.29 is 10.2 Å². The molecule has 0 atom stereocenters. The minimum Gasteiger partial charge on any atom is -0.364 e. The number of hydrogen-bond acceptors (Lipinski definition) is 2. The van der Waals surface area contributed by atoms with E-state index in [2.05, 4.69) is 0 Å². The molecule has 0 aliphatic carbocycles. The van der Waals surface area contributed by atoms with Crippen LogP contribution in [0.15, 0.2) is 18.2 Å². The van der Waals surface area contributed by atoms with Crippen molar-refractivity contribution in [3.05, 3.63) is 34.9 Å². The van der Waals surface area contributed by atoms with E-state index < -0.39 is 6.29 Å². The summed E-state index contributed by atoms with van der Waals surface area (Å²) < 4.78 is 0. The molecule has 0 radical (unpaired) electrons. The zero-order valence-electron chi connectivity index (χ0n) is 6.70. The number of rotatable bonds is 1. The summed E-state index contributed by atoms with van der Waals surface area (Å²) in [4.78, 5) is 0. The smallest absolute Gasteiger partial charge is 0.178 e. The molecule has 60 valence electrons. The summed E-state index contributed by atoms with van der Waals surface area (Å²) in [5, 5.41) is 17.8. The highest BCUT2D eigenvalue weighted by Crippen LogP contribution is 2.16. The average molecular weight is 152 g/mol. The summed E-state index contributed by atoms with van der Waals surface area (Å²) in [5.74, 6) is 0. The Balaban J connectivity index is 3.13. The Labute approximate surface area is 66.1 Å². The molecule has 2 heteroatoms. The van der Waals surface area contributed by atoms with Crippen LogP contribution in [0.2, 0.25) is 0 Å². The lowest BCUT2D eigenvalue weighted by Gasteiger charge is -2.07. The molecule has 0 heterocycles. The molecule has 0 aromatic heterocycles. The number of aliphatic hydroxyl groups excluding tert-OH is 1. The Hall–Kier alpha value is -0.860. The molecule has 2 nitrogen and oxygen atoms in total. The fourth-order valence-electron chi connectivity index (χ4n) is 1.04. The third-order valence-electron chi connectivity index (χ3n) is 1.71. The fraction of sp³-hybridized carbons (Fsp3) is 0.333. The molecular weight excluding hydrogens is 140 g/mol. The van der Waals surface area contributed by atoms with Crippen molar-refractivity contribution in [1.82, 2.24) is 0 Å². The molecule has 0 saturated heterocycles. The molecule has 1 aromatic carbocycles. The molecule has 0 aliphatic heterocycles. The predicted octanol–water partition coefficient (Wildman–Crippen LogP) is 1.29. The van der Waals surface area contributed by atoms with E-state index in [9.17, 15) is 0 Å². The van der Waals surface area contributed by atoms with E-state index in [-0.39, 0.29) is 0 Å². The van der Waals surface area contributed by atoms with Gasteiger partial charge in [0.25, 0.3) is 0 Å². The van der Waals surface area contributed by atoms with E-state index in [1.807, 2.05) is 26.0 Å². The second-order valence-corrected chi connectivity index (χ2v) is 2.73. The molecule has 0 spiro atoms. The largest absolute Gasteiger partial charge is 0.364 e. The van der Waals surface area contributed by atoms with Gasteiger partial charge in [0.05, 0.1) is 0 Å². The zero-order valence-corrected chi connectivity index (χ0v) is 6.70. The van der Waals surface area contributed by atoms with Crippen LogP contribution < -0.4 is 0 Å². The summed E-state index contributed by atoms with van der Waals surface area (Å²) in [6, 6.07) is 5.60. The van der Waals surface area contributed by atoms with E-state index in [0.29, 0.717) is 5.56 Å². The van der Waals surface area contributed by atoms with Crippen LogP contribution in [0, 0.1) is 13.8 Å². The summed E-state index contributed by atoms with van der Waals surface area (Å²) in [6.45, 7) is 3.78. The summed E-state index contributed by atoms with van der Waals surface area (Å²) in [5.41, 5.74) is 2.54. The summed E-state index contributed by atoms with van der Waals surface area (Å²) >= 11 is 0. The fourth-order valence-corrected chi connectivity index (χ4v) is 1.04. The molecule has 0 bridgehead atoms. The Bertz CT molecular complexity index is 254. The first-order valence-corrected chi connectivity index (χ1v) is 3.54.